The number of nitrogens with two attached hydrogens (primary N) is 1. The highest BCUT2D eigenvalue weighted by Gasteiger charge is 2.33. The standard InChI is InChI=1S/C19H21ClN2O.ClH/c20-16-9-6-14(7-10-16)8-11-19(23)22-12-17(18(21)13-22)15-4-2-1-3-5-15;/h1-7,9-10,17-18H,8,11-13,21H2;1H/t17-,18+;/m0./s1. The van der Waals surface area contributed by atoms with Crippen LogP contribution in [0.15, 0.2) is 54.6 Å². The molecule has 1 fully saturated rings. The van der Waals surface area contributed by atoms with Crippen molar-refractivity contribution in [1.82, 2.24) is 4.90 Å². The van der Waals surface area contributed by atoms with Gasteiger partial charge in [-0.05, 0) is 29.7 Å². The minimum Gasteiger partial charge on any atom is -0.340 e. The van der Waals surface area contributed by atoms with Crippen molar-refractivity contribution in [2.75, 3.05) is 13.1 Å². The molecule has 5 heteroatoms. The molecule has 0 unspecified atom stereocenters. The molecule has 1 heterocycles. The van der Waals surface area contributed by atoms with Crippen molar-refractivity contribution < 1.29 is 4.79 Å². The number of amides is 1. The third-order valence-electron chi connectivity index (χ3n) is 4.49. The Morgan fingerprint density at radius 2 is 1.75 bits per heavy atom. The lowest BCUT2D eigenvalue weighted by Gasteiger charge is -2.16. The molecule has 2 atom stereocenters. The van der Waals surface area contributed by atoms with Gasteiger partial charge in [0.15, 0.2) is 0 Å². The summed E-state index contributed by atoms with van der Waals surface area (Å²) in [6.45, 7) is 1.35. The van der Waals surface area contributed by atoms with Gasteiger partial charge in [-0.25, -0.2) is 0 Å². The zero-order valence-electron chi connectivity index (χ0n) is 13.4. The van der Waals surface area contributed by atoms with Crippen LogP contribution in [0.2, 0.25) is 5.02 Å². The Morgan fingerprint density at radius 3 is 2.42 bits per heavy atom. The fourth-order valence-corrected chi connectivity index (χ4v) is 3.27. The Morgan fingerprint density at radius 1 is 1.08 bits per heavy atom. The molecule has 3 rings (SSSR count). The van der Waals surface area contributed by atoms with Crippen LogP contribution in [-0.2, 0) is 11.2 Å². The van der Waals surface area contributed by atoms with Gasteiger partial charge in [0.25, 0.3) is 0 Å². The van der Waals surface area contributed by atoms with E-state index in [-0.39, 0.29) is 30.3 Å². The predicted molar refractivity (Wildman–Crippen MR) is 101 cm³/mol. The van der Waals surface area contributed by atoms with E-state index in [0.29, 0.717) is 19.5 Å². The maximum Gasteiger partial charge on any atom is 0.222 e. The zero-order valence-corrected chi connectivity index (χ0v) is 15.0. The summed E-state index contributed by atoms with van der Waals surface area (Å²) in [5, 5.41) is 0.719. The van der Waals surface area contributed by atoms with Gasteiger partial charge in [-0.2, -0.15) is 0 Å². The van der Waals surface area contributed by atoms with E-state index >= 15 is 0 Å². The van der Waals surface area contributed by atoms with Crippen molar-refractivity contribution >= 4 is 29.9 Å². The lowest BCUT2D eigenvalue weighted by Crippen LogP contribution is -2.32. The second-order valence-corrected chi connectivity index (χ2v) is 6.54. The van der Waals surface area contributed by atoms with Gasteiger partial charge < -0.3 is 10.6 Å². The van der Waals surface area contributed by atoms with Gasteiger partial charge in [0, 0.05) is 36.5 Å². The number of carbonyl (C=O) groups excluding carboxylic acids is 1. The summed E-state index contributed by atoms with van der Waals surface area (Å²) in [6.07, 6.45) is 1.24. The summed E-state index contributed by atoms with van der Waals surface area (Å²) >= 11 is 5.88. The van der Waals surface area contributed by atoms with E-state index in [4.69, 9.17) is 17.3 Å². The highest BCUT2D eigenvalue weighted by atomic mass is 35.5. The monoisotopic (exact) mass is 364 g/mol. The second-order valence-electron chi connectivity index (χ2n) is 6.11. The molecule has 128 valence electrons. The molecule has 0 saturated carbocycles. The van der Waals surface area contributed by atoms with Gasteiger partial charge in [0.05, 0.1) is 0 Å². The normalized spacial score (nSPS) is 19.8. The van der Waals surface area contributed by atoms with Gasteiger partial charge in [0.2, 0.25) is 5.91 Å². The molecular formula is C19H22Cl2N2O. The third-order valence-corrected chi connectivity index (χ3v) is 4.74. The van der Waals surface area contributed by atoms with Crippen molar-refractivity contribution in [3.05, 3.63) is 70.7 Å². The maximum atomic E-state index is 12.5. The Kier molecular flexibility index (Phi) is 6.67. The molecule has 0 radical (unpaired) electrons. The summed E-state index contributed by atoms with van der Waals surface area (Å²) in [5.74, 6) is 0.407. The highest BCUT2D eigenvalue weighted by molar-refractivity contribution is 6.30. The Hall–Kier alpha value is -1.55. The molecule has 3 nitrogen and oxygen atoms in total. The van der Waals surface area contributed by atoms with Crippen molar-refractivity contribution in [3.8, 4) is 0 Å². The van der Waals surface area contributed by atoms with Crippen LogP contribution < -0.4 is 5.73 Å². The Labute approximate surface area is 154 Å². The third kappa shape index (κ3) is 4.50. The summed E-state index contributed by atoms with van der Waals surface area (Å²) in [5.41, 5.74) is 8.60. The highest BCUT2D eigenvalue weighted by Crippen LogP contribution is 2.26. The van der Waals surface area contributed by atoms with Crippen molar-refractivity contribution in [1.29, 1.82) is 0 Å². The molecule has 0 bridgehead atoms. The SMILES string of the molecule is Cl.N[C@@H]1CN(C(=O)CCc2ccc(Cl)cc2)C[C@H]1c1ccccc1. The van der Waals surface area contributed by atoms with E-state index in [9.17, 15) is 4.79 Å². The van der Waals surface area contributed by atoms with Gasteiger partial charge in [0.1, 0.15) is 0 Å². The Balaban J connectivity index is 0.00000208. The van der Waals surface area contributed by atoms with E-state index in [1.807, 2.05) is 47.4 Å². The molecule has 2 aromatic rings. The van der Waals surface area contributed by atoms with Gasteiger partial charge in [-0.15, -0.1) is 12.4 Å². The number of hydrogen-bond acceptors (Lipinski definition) is 2. The molecule has 24 heavy (non-hydrogen) atoms. The molecule has 1 saturated heterocycles. The first-order chi connectivity index (χ1) is 11.1. The summed E-state index contributed by atoms with van der Waals surface area (Å²) in [4.78, 5) is 14.4. The van der Waals surface area contributed by atoms with Crippen LogP contribution >= 0.6 is 24.0 Å². The van der Waals surface area contributed by atoms with Crippen LogP contribution in [0.3, 0.4) is 0 Å². The summed E-state index contributed by atoms with van der Waals surface area (Å²) in [7, 11) is 0. The fourth-order valence-electron chi connectivity index (χ4n) is 3.15. The van der Waals surface area contributed by atoms with Crippen LogP contribution in [0, 0.1) is 0 Å². The number of carbonyl (C=O) groups is 1. The number of likely N-dealkylation sites (tertiary alicyclic amines) is 1. The van der Waals surface area contributed by atoms with Crippen LogP contribution in [0.5, 0.6) is 0 Å². The van der Waals surface area contributed by atoms with Gasteiger partial charge >= 0.3 is 0 Å². The summed E-state index contributed by atoms with van der Waals surface area (Å²) in [6, 6.07) is 17.9. The average Bonchev–Trinajstić information content (AvgIpc) is 2.97. The maximum absolute atomic E-state index is 12.5. The largest absolute Gasteiger partial charge is 0.340 e. The molecule has 1 aliphatic rings. The first-order valence-electron chi connectivity index (χ1n) is 7.96. The van der Waals surface area contributed by atoms with Gasteiger partial charge in [-0.1, -0.05) is 54.1 Å². The smallest absolute Gasteiger partial charge is 0.222 e. The minimum absolute atomic E-state index is 0. The number of rotatable bonds is 4. The number of hydrogen-bond donors (Lipinski definition) is 1. The number of aryl methyl sites for hydroxylation is 1. The fraction of sp³-hybridized carbons (Fsp3) is 0.316. The van der Waals surface area contributed by atoms with Crippen molar-refractivity contribution in [2.24, 2.45) is 5.73 Å². The molecular weight excluding hydrogens is 343 g/mol. The first-order valence-corrected chi connectivity index (χ1v) is 8.34. The van der Waals surface area contributed by atoms with Gasteiger partial charge in [-0.3, -0.25) is 4.79 Å². The molecule has 2 N–H and O–H groups in total. The van der Waals surface area contributed by atoms with E-state index in [2.05, 4.69) is 12.1 Å². The second kappa shape index (κ2) is 8.52. The molecule has 1 aliphatic heterocycles. The lowest BCUT2D eigenvalue weighted by molar-refractivity contribution is -0.130. The van der Waals surface area contributed by atoms with E-state index < -0.39 is 0 Å². The quantitative estimate of drug-likeness (QED) is 0.899. The van der Waals surface area contributed by atoms with Crippen LogP contribution in [0.1, 0.15) is 23.5 Å². The lowest BCUT2D eigenvalue weighted by atomic mass is 9.95. The van der Waals surface area contributed by atoms with Crippen LogP contribution in [0.25, 0.3) is 0 Å². The number of benzene rings is 2. The topological polar surface area (TPSA) is 46.3 Å². The van der Waals surface area contributed by atoms with Crippen LogP contribution in [0.4, 0.5) is 0 Å². The molecule has 0 aromatic heterocycles. The molecule has 0 spiro atoms. The van der Waals surface area contributed by atoms with E-state index in [1.165, 1.54) is 5.56 Å². The zero-order chi connectivity index (χ0) is 16.2. The predicted octanol–water partition coefficient (Wildman–Crippen LogP) is 3.65. The minimum atomic E-state index is 0. The number of halogens is 2. The Bertz CT molecular complexity index is 661. The van der Waals surface area contributed by atoms with Crippen molar-refractivity contribution in [3.63, 3.8) is 0 Å². The molecule has 0 aliphatic carbocycles. The first kappa shape index (κ1) is 18.8. The average molecular weight is 365 g/mol. The van der Waals surface area contributed by atoms with Crippen LogP contribution in [-0.4, -0.2) is 29.9 Å². The number of nitrogens with zero attached hydrogens (tertiary/aromatic N) is 1. The van der Waals surface area contributed by atoms with Crippen molar-refractivity contribution in [2.45, 2.75) is 24.8 Å². The van der Waals surface area contributed by atoms with E-state index in [1.54, 1.807) is 0 Å². The molecule has 2 aromatic carbocycles. The summed E-state index contributed by atoms with van der Waals surface area (Å²) < 4.78 is 0. The molecule has 1 amide bonds. The van der Waals surface area contributed by atoms with E-state index in [0.717, 1.165) is 17.0 Å².